The molecule has 0 rings (SSSR count). The smallest absolute Gasteiger partial charge is 0.0833 e. The number of hydrogen-bond acceptors (Lipinski definition) is 3. The van der Waals surface area contributed by atoms with E-state index in [4.69, 9.17) is 0 Å². The van der Waals surface area contributed by atoms with Crippen LogP contribution in [-0.4, -0.2) is 35.8 Å². The molecule has 2 N–H and O–H groups in total. The van der Waals surface area contributed by atoms with Crippen LogP contribution in [0.15, 0.2) is 0 Å². The topological polar surface area (TPSA) is 32.3 Å². The van der Waals surface area contributed by atoms with Gasteiger partial charge in [0.1, 0.15) is 0 Å². The lowest BCUT2D eigenvalue weighted by molar-refractivity contribution is 0.0850. The lowest BCUT2D eigenvalue weighted by atomic mass is 10.1. The zero-order valence-corrected chi connectivity index (χ0v) is 9.21. The van der Waals surface area contributed by atoms with Gasteiger partial charge in [0.2, 0.25) is 0 Å². The van der Waals surface area contributed by atoms with E-state index in [9.17, 15) is 5.11 Å². The van der Waals surface area contributed by atoms with Crippen LogP contribution in [0.1, 0.15) is 26.7 Å². The minimum atomic E-state index is -0.548. The Morgan fingerprint density at radius 2 is 2.17 bits per heavy atom. The Kier molecular flexibility index (Phi) is 6.90. The molecule has 74 valence electrons. The number of hydrogen-bond donors (Lipinski definition) is 2. The summed E-state index contributed by atoms with van der Waals surface area (Å²) in [6.45, 7) is 5.76. The maximum absolute atomic E-state index is 9.73. The lowest BCUT2D eigenvalue weighted by Gasteiger charge is -2.22. The van der Waals surface area contributed by atoms with E-state index in [0.29, 0.717) is 6.54 Å². The Labute approximate surface area is 80.1 Å². The average Bonchev–Trinajstić information content (AvgIpc) is 1.98. The zero-order valence-electron chi connectivity index (χ0n) is 8.39. The van der Waals surface area contributed by atoms with Gasteiger partial charge >= 0.3 is 0 Å². The van der Waals surface area contributed by atoms with E-state index >= 15 is 0 Å². The quantitative estimate of drug-likeness (QED) is 0.598. The van der Waals surface area contributed by atoms with Gasteiger partial charge in [-0.3, -0.25) is 0 Å². The molecule has 1 unspecified atom stereocenters. The first-order chi connectivity index (χ1) is 5.62. The number of rotatable bonds is 7. The Balaban J connectivity index is 3.33. The molecule has 1 atom stereocenters. The van der Waals surface area contributed by atoms with Crippen LogP contribution in [-0.2, 0) is 0 Å². The Hall–Kier alpha value is 0.270. The molecule has 0 radical (unpaired) electrons. The summed E-state index contributed by atoms with van der Waals surface area (Å²) in [6.07, 6.45) is 4.41. The molecule has 0 fully saturated rings. The molecule has 0 aromatic rings. The first-order valence-electron chi connectivity index (χ1n) is 4.54. The third kappa shape index (κ3) is 6.95. The van der Waals surface area contributed by atoms with Crippen molar-refractivity contribution in [1.82, 2.24) is 5.32 Å². The van der Waals surface area contributed by atoms with E-state index in [2.05, 4.69) is 12.2 Å². The molecule has 0 saturated carbocycles. The highest BCUT2D eigenvalue weighted by Gasteiger charge is 2.18. The summed E-state index contributed by atoms with van der Waals surface area (Å²) in [5, 5.41) is 13.0. The summed E-state index contributed by atoms with van der Waals surface area (Å²) < 4.78 is 0. The van der Waals surface area contributed by atoms with Crippen LogP contribution in [0, 0.1) is 0 Å². The molecule has 12 heavy (non-hydrogen) atoms. The molecule has 0 aliphatic rings. The van der Waals surface area contributed by atoms with Crippen LogP contribution in [0.3, 0.4) is 0 Å². The molecule has 0 aliphatic heterocycles. The van der Waals surface area contributed by atoms with Crippen molar-refractivity contribution >= 4 is 11.8 Å². The third-order valence-corrected chi connectivity index (χ3v) is 2.58. The normalized spacial score (nSPS) is 16.0. The fraction of sp³-hybridized carbons (Fsp3) is 1.00. The number of aliphatic hydroxyl groups is 1. The minimum absolute atomic E-state index is 0.548. The molecule has 0 spiro atoms. The molecule has 0 aliphatic carbocycles. The van der Waals surface area contributed by atoms with Crippen LogP contribution in [0.5, 0.6) is 0 Å². The van der Waals surface area contributed by atoms with Gasteiger partial charge in [0, 0.05) is 12.3 Å². The number of thioether (sulfide) groups is 1. The SMILES string of the molecule is CCCCNCC(C)(O)CSC. The highest BCUT2D eigenvalue weighted by atomic mass is 32.2. The van der Waals surface area contributed by atoms with Gasteiger partial charge in [-0.1, -0.05) is 13.3 Å². The standard InChI is InChI=1S/C9H21NOS/c1-4-5-6-10-7-9(2,11)8-12-3/h10-11H,4-8H2,1-3H3. The number of unbranched alkanes of at least 4 members (excludes halogenated alkanes) is 1. The van der Waals surface area contributed by atoms with Crippen molar-refractivity contribution in [3.8, 4) is 0 Å². The van der Waals surface area contributed by atoms with Crippen LogP contribution in [0.2, 0.25) is 0 Å². The van der Waals surface area contributed by atoms with E-state index in [1.54, 1.807) is 11.8 Å². The maximum Gasteiger partial charge on any atom is 0.0833 e. The van der Waals surface area contributed by atoms with Crippen molar-refractivity contribution in [3.05, 3.63) is 0 Å². The first-order valence-corrected chi connectivity index (χ1v) is 5.94. The van der Waals surface area contributed by atoms with Crippen molar-refractivity contribution in [2.75, 3.05) is 25.1 Å². The van der Waals surface area contributed by atoms with Crippen molar-refractivity contribution in [2.24, 2.45) is 0 Å². The molecule has 2 nitrogen and oxygen atoms in total. The van der Waals surface area contributed by atoms with E-state index in [1.165, 1.54) is 12.8 Å². The summed E-state index contributed by atoms with van der Waals surface area (Å²) in [6, 6.07) is 0. The fourth-order valence-electron chi connectivity index (χ4n) is 1.02. The fourth-order valence-corrected chi connectivity index (χ4v) is 1.75. The molecule has 0 amide bonds. The van der Waals surface area contributed by atoms with Gasteiger partial charge in [0.15, 0.2) is 0 Å². The largest absolute Gasteiger partial charge is 0.388 e. The predicted octanol–water partition coefficient (Wildman–Crippen LogP) is 1.49. The van der Waals surface area contributed by atoms with Crippen molar-refractivity contribution in [2.45, 2.75) is 32.3 Å². The maximum atomic E-state index is 9.73. The Morgan fingerprint density at radius 1 is 1.50 bits per heavy atom. The van der Waals surface area contributed by atoms with Crippen LogP contribution >= 0.6 is 11.8 Å². The third-order valence-electron chi connectivity index (χ3n) is 1.67. The molecular weight excluding hydrogens is 170 g/mol. The van der Waals surface area contributed by atoms with Crippen LogP contribution in [0.25, 0.3) is 0 Å². The van der Waals surface area contributed by atoms with Crippen LogP contribution < -0.4 is 5.32 Å². The molecule has 3 heteroatoms. The van der Waals surface area contributed by atoms with Gasteiger partial charge in [-0.05, 0) is 26.1 Å². The lowest BCUT2D eigenvalue weighted by Crippen LogP contribution is -2.40. The van der Waals surface area contributed by atoms with E-state index in [0.717, 1.165) is 12.3 Å². The summed E-state index contributed by atoms with van der Waals surface area (Å²) >= 11 is 1.68. The average molecular weight is 191 g/mol. The summed E-state index contributed by atoms with van der Waals surface area (Å²) in [5.41, 5.74) is -0.548. The second-order valence-electron chi connectivity index (χ2n) is 3.46. The highest BCUT2D eigenvalue weighted by Crippen LogP contribution is 2.08. The van der Waals surface area contributed by atoms with Crippen molar-refractivity contribution in [3.63, 3.8) is 0 Å². The summed E-state index contributed by atoms with van der Waals surface area (Å²) in [7, 11) is 0. The van der Waals surface area contributed by atoms with Crippen molar-refractivity contribution < 1.29 is 5.11 Å². The van der Waals surface area contributed by atoms with E-state index in [-0.39, 0.29) is 0 Å². The first kappa shape index (κ1) is 12.3. The van der Waals surface area contributed by atoms with Gasteiger partial charge in [-0.2, -0.15) is 11.8 Å². The molecule has 0 saturated heterocycles. The Morgan fingerprint density at radius 3 is 2.67 bits per heavy atom. The molecular formula is C9H21NOS. The minimum Gasteiger partial charge on any atom is -0.388 e. The molecule has 0 bridgehead atoms. The Bertz CT molecular complexity index is 107. The summed E-state index contributed by atoms with van der Waals surface area (Å²) in [5.74, 6) is 0.798. The molecule has 0 aromatic heterocycles. The zero-order chi connectivity index (χ0) is 9.45. The van der Waals surface area contributed by atoms with Gasteiger partial charge < -0.3 is 10.4 Å². The van der Waals surface area contributed by atoms with Gasteiger partial charge in [-0.25, -0.2) is 0 Å². The van der Waals surface area contributed by atoms with Gasteiger partial charge in [-0.15, -0.1) is 0 Å². The molecule has 0 aromatic carbocycles. The van der Waals surface area contributed by atoms with Gasteiger partial charge in [0.25, 0.3) is 0 Å². The predicted molar refractivity (Wildman–Crippen MR) is 56.8 cm³/mol. The summed E-state index contributed by atoms with van der Waals surface area (Å²) in [4.78, 5) is 0. The highest BCUT2D eigenvalue weighted by molar-refractivity contribution is 7.98. The monoisotopic (exact) mass is 191 g/mol. The van der Waals surface area contributed by atoms with Gasteiger partial charge in [0.05, 0.1) is 5.60 Å². The van der Waals surface area contributed by atoms with Crippen LogP contribution in [0.4, 0.5) is 0 Å². The molecule has 0 heterocycles. The second-order valence-corrected chi connectivity index (χ2v) is 4.33. The number of nitrogens with one attached hydrogen (secondary N) is 1. The van der Waals surface area contributed by atoms with Crippen molar-refractivity contribution in [1.29, 1.82) is 0 Å². The van der Waals surface area contributed by atoms with E-state index in [1.807, 2.05) is 13.2 Å². The second kappa shape index (κ2) is 6.75. The van der Waals surface area contributed by atoms with E-state index < -0.39 is 5.60 Å².